The quantitative estimate of drug-likeness (QED) is 0.870. The minimum Gasteiger partial charge on any atom is -0.504 e. The monoisotopic (exact) mass is 362 g/mol. The summed E-state index contributed by atoms with van der Waals surface area (Å²) < 4.78 is 5.24. The highest BCUT2D eigenvalue weighted by Gasteiger charge is 2.54. The van der Waals surface area contributed by atoms with Crippen LogP contribution in [-0.4, -0.2) is 84.3 Å². The zero-order chi connectivity index (χ0) is 19.3. The van der Waals surface area contributed by atoms with E-state index < -0.39 is 0 Å². The second-order valence-electron chi connectivity index (χ2n) is 7.12. The molecule has 0 unspecified atom stereocenters. The van der Waals surface area contributed by atoms with Gasteiger partial charge in [-0.1, -0.05) is 6.07 Å². The van der Waals surface area contributed by atoms with E-state index in [9.17, 15) is 14.7 Å². The number of rotatable bonds is 2. The molecule has 0 bridgehead atoms. The minimum absolute atomic E-state index is 0.0374. The lowest BCUT2D eigenvalue weighted by Gasteiger charge is -2.57. The molecule has 26 heavy (non-hydrogen) atoms. The number of hydrogen-bond donors (Lipinski definition) is 1. The molecule has 2 fully saturated rings. The lowest BCUT2D eigenvalue weighted by atomic mass is 9.80. The minimum atomic E-state index is -0.345. The first-order valence-electron chi connectivity index (χ1n) is 8.56. The van der Waals surface area contributed by atoms with E-state index in [0.717, 1.165) is 5.56 Å². The highest BCUT2D eigenvalue weighted by Crippen LogP contribution is 2.44. The zero-order valence-electron chi connectivity index (χ0n) is 16.0. The molecule has 0 aliphatic carbocycles. The van der Waals surface area contributed by atoms with Gasteiger partial charge in [-0.3, -0.25) is 0 Å². The molecule has 0 radical (unpaired) electrons. The van der Waals surface area contributed by atoms with Crippen LogP contribution in [-0.2, 0) is 0 Å². The molecule has 142 valence electrons. The molecule has 1 N–H and O–H groups in total. The number of nitrogens with zero attached hydrogens (tertiary/aromatic N) is 4. The molecule has 8 nitrogen and oxygen atoms in total. The van der Waals surface area contributed by atoms with Gasteiger partial charge in [-0.05, 0) is 24.6 Å². The molecule has 0 spiro atoms. The van der Waals surface area contributed by atoms with Gasteiger partial charge in [0.2, 0.25) is 0 Å². The zero-order valence-corrected chi connectivity index (χ0v) is 16.0. The molecule has 0 saturated carbocycles. The Hall–Kier alpha value is -2.64. The summed E-state index contributed by atoms with van der Waals surface area (Å²) in [6.07, 6.45) is -0.345. The molecule has 1 aromatic carbocycles. The van der Waals surface area contributed by atoms with Crippen molar-refractivity contribution in [3.05, 3.63) is 23.8 Å². The van der Waals surface area contributed by atoms with Gasteiger partial charge in [0, 0.05) is 40.2 Å². The molecule has 2 saturated heterocycles. The van der Waals surface area contributed by atoms with E-state index in [1.165, 1.54) is 7.11 Å². The summed E-state index contributed by atoms with van der Waals surface area (Å²) in [5.41, 5.74) is 0.863. The number of phenols is 1. The molecule has 2 aliphatic rings. The Morgan fingerprint density at radius 3 is 2.12 bits per heavy atom. The van der Waals surface area contributed by atoms with E-state index in [4.69, 9.17) is 4.74 Å². The Morgan fingerprint density at radius 1 is 0.962 bits per heavy atom. The van der Waals surface area contributed by atoms with Crippen molar-refractivity contribution in [2.75, 3.05) is 35.3 Å². The maximum Gasteiger partial charge on any atom is 0.321 e. The van der Waals surface area contributed by atoms with Crippen molar-refractivity contribution in [1.82, 2.24) is 19.6 Å². The summed E-state index contributed by atoms with van der Waals surface area (Å²) in [6, 6.07) is 4.54. The van der Waals surface area contributed by atoms with Crippen molar-refractivity contribution >= 4 is 12.1 Å². The van der Waals surface area contributed by atoms with E-state index in [0.29, 0.717) is 5.75 Å². The summed E-state index contributed by atoms with van der Waals surface area (Å²) >= 11 is 0. The average Bonchev–Trinajstić information content (AvgIpc) is 2.63. The van der Waals surface area contributed by atoms with Crippen molar-refractivity contribution in [2.24, 2.45) is 5.92 Å². The van der Waals surface area contributed by atoms with Gasteiger partial charge in [0.15, 0.2) is 11.5 Å². The van der Waals surface area contributed by atoms with Crippen LogP contribution in [0.5, 0.6) is 11.5 Å². The van der Waals surface area contributed by atoms with Gasteiger partial charge in [0.25, 0.3) is 0 Å². The van der Waals surface area contributed by atoms with Crippen molar-refractivity contribution in [3.8, 4) is 11.5 Å². The number of carbonyl (C=O) groups is 2. The topological polar surface area (TPSA) is 76.6 Å². The largest absolute Gasteiger partial charge is 0.504 e. The maximum atomic E-state index is 12.8. The second kappa shape index (κ2) is 6.26. The Morgan fingerprint density at radius 2 is 1.54 bits per heavy atom. The highest BCUT2D eigenvalue weighted by molar-refractivity contribution is 5.80. The molecule has 8 heteroatoms. The van der Waals surface area contributed by atoms with Crippen LogP contribution in [0.2, 0.25) is 0 Å². The number of fused-ring (bicyclic) bond motifs is 1. The van der Waals surface area contributed by atoms with Crippen LogP contribution in [0.1, 0.15) is 18.5 Å². The second-order valence-corrected chi connectivity index (χ2v) is 7.12. The number of aromatic hydroxyl groups is 1. The Bertz CT molecular complexity index is 736. The van der Waals surface area contributed by atoms with Crippen LogP contribution < -0.4 is 4.74 Å². The number of ether oxygens (including phenoxy) is 1. The van der Waals surface area contributed by atoms with Crippen LogP contribution in [0.25, 0.3) is 0 Å². The first kappa shape index (κ1) is 18.2. The van der Waals surface area contributed by atoms with Crippen LogP contribution in [0, 0.1) is 5.92 Å². The molecule has 4 amide bonds. The Kier molecular flexibility index (Phi) is 4.37. The summed E-state index contributed by atoms with van der Waals surface area (Å²) in [4.78, 5) is 32.1. The fraction of sp³-hybridized carbons (Fsp3) is 0.556. The predicted octanol–water partition coefficient (Wildman–Crippen LogP) is 1.77. The molecule has 2 aliphatic heterocycles. The average molecular weight is 362 g/mol. The van der Waals surface area contributed by atoms with Crippen LogP contribution in [0.4, 0.5) is 9.59 Å². The van der Waals surface area contributed by atoms with Crippen LogP contribution >= 0.6 is 0 Å². The number of urea groups is 2. The molecule has 3 rings (SSSR count). The van der Waals surface area contributed by atoms with Gasteiger partial charge in [-0.15, -0.1) is 0 Å². The standard InChI is InChI=1S/C18H26N4O4/c1-10-14-15(11-7-8-12(23)13(9-11)26-6)20(3)18(25)22(5)16(14)21(4)17(24)19(10)2/h7-10,14-16,23H,1-6H3/t10-,14-,15+,16+/m0/s1. The molecule has 4 atom stereocenters. The summed E-state index contributed by atoms with van der Waals surface area (Å²) in [5, 5.41) is 9.92. The smallest absolute Gasteiger partial charge is 0.321 e. The first-order valence-corrected chi connectivity index (χ1v) is 8.56. The van der Waals surface area contributed by atoms with Crippen molar-refractivity contribution in [2.45, 2.75) is 25.2 Å². The highest BCUT2D eigenvalue weighted by atomic mass is 16.5. The Labute approximate surface area is 153 Å². The van der Waals surface area contributed by atoms with Gasteiger partial charge >= 0.3 is 12.1 Å². The third-order valence-electron chi connectivity index (χ3n) is 5.84. The third-order valence-corrected chi connectivity index (χ3v) is 5.84. The molecular formula is C18H26N4O4. The summed E-state index contributed by atoms with van der Waals surface area (Å²) in [6.45, 7) is 2.00. The molecule has 0 aromatic heterocycles. The number of carbonyl (C=O) groups excluding carboxylic acids is 2. The number of benzene rings is 1. The van der Waals surface area contributed by atoms with E-state index in [-0.39, 0.29) is 42.0 Å². The van der Waals surface area contributed by atoms with E-state index in [1.807, 2.05) is 6.92 Å². The predicted molar refractivity (Wildman–Crippen MR) is 96.0 cm³/mol. The fourth-order valence-electron chi connectivity index (χ4n) is 4.31. The van der Waals surface area contributed by atoms with Gasteiger partial charge in [-0.2, -0.15) is 0 Å². The van der Waals surface area contributed by atoms with E-state index in [2.05, 4.69) is 0 Å². The van der Waals surface area contributed by atoms with Gasteiger partial charge in [0.05, 0.1) is 13.2 Å². The molecule has 2 heterocycles. The summed E-state index contributed by atoms with van der Waals surface area (Å²) in [5.74, 6) is 0.375. The van der Waals surface area contributed by atoms with Crippen molar-refractivity contribution in [1.29, 1.82) is 0 Å². The van der Waals surface area contributed by atoms with Crippen molar-refractivity contribution in [3.63, 3.8) is 0 Å². The number of phenolic OH excluding ortho intramolecular Hbond substituents is 1. The van der Waals surface area contributed by atoms with Gasteiger partial charge in [0.1, 0.15) is 6.17 Å². The van der Waals surface area contributed by atoms with Gasteiger partial charge in [-0.25, -0.2) is 9.59 Å². The SMILES string of the molecule is COc1cc([C@@H]2[C@H]3[C@@H](N(C)C(=O)N2C)N(C)C(=O)N(C)[C@H]3C)ccc1O. The van der Waals surface area contributed by atoms with Crippen molar-refractivity contribution < 1.29 is 19.4 Å². The van der Waals surface area contributed by atoms with Crippen LogP contribution in [0.15, 0.2) is 18.2 Å². The fourth-order valence-corrected chi connectivity index (χ4v) is 4.31. The van der Waals surface area contributed by atoms with Gasteiger partial charge < -0.3 is 29.4 Å². The maximum absolute atomic E-state index is 12.8. The van der Waals surface area contributed by atoms with E-state index in [1.54, 1.807) is 66.0 Å². The number of amides is 4. The lowest BCUT2D eigenvalue weighted by molar-refractivity contribution is -0.0652. The summed E-state index contributed by atoms with van der Waals surface area (Å²) in [7, 11) is 8.50. The third kappa shape index (κ3) is 2.43. The molecular weight excluding hydrogens is 336 g/mol. The van der Waals surface area contributed by atoms with Crippen LogP contribution in [0.3, 0.4) is 0 Å². The number of methoxy groups -OCH3 is 1. The normalized spacial score (nSPS) is 29.2. The van der Waals surface area contributed by atoms with E-state index >= 15 is 0 Å². The first-order chi connectivity index (χ1) is 12.2. The lowest BCUT2D eigenvalue weighted by Crippen LogP contribution is -2.71. The number of hydrogen-bond acceptors (Lipinski definition) is 4. The molecule has 1 aromatic rings. The Balaban J connectivity index is 2.13.